The number of aromatic amines is 1. The van der Waals surface area contributed by atoms with Crippen LogP contribution in [0.25, 0.3) is 10.9 Å². The van der Waals surface area contributed by atoms with Gasteiger partial charge in [-0.05, 0) is 56.1 Å². The summed E-state index contributed by atoms with van der Waals surface area (Å²) >= 11 is 0. The normalized spacial score (nSPS) is 19.4. The maximum absolute atomic E-state index is 12.3. The van der Waals surface area contributed by atoms with Gasteiger partial charge in [0.2, 0.25) is 0 Å². The summed E-state index contributed by atoms with van der Waals surface area (Å²) in [6.07, 6.45) is 5.40. The van der Waals surface area contributed by atoms with E-state index >= 15 is 0 Å². The van der Waals surface area contributed by atoms with Crippen molar-refractivity contribution >= 4 is 22.6 Å². The van der Waals surface area contributed by atoms with Gasteiger partial charge in [-0.25, -0.2) is 4.98 Å². The Morgan fingerprint density at radius 3 is 3.00 bits per heavy atom. The summed E-state index contributed by atoms with van der Waals surface area (Å²) in [5.41, 5.74) is 7.16. The molecular formula is C22H26N6O3. The second kappa shape index (κ2) is 8.43. The quantitative estimate of drug-likeness (QED) is 0.574. The highest BCUT2D eigenvalue weighted by Gasteiger charge is 2.28. The van der Waals surface area contributed by atoms with Gasteiger partial charge in [-0.2, -0.15) is 5.10 Å². The smallest absolute Gasteiger partial charge is 0.255 e. The average molecular weight is 422 g/mol. The number of anilines is 1. The largest absolute Gasteiger partial charge is 0.486 e. The Bertz CT molecular complexity index is 1080. The van der Waals surface area contributed by atoms with Crippen molar-refractivity contribution in [2.24, 2.45) is 5.92 Å². The van der Waals surface area contributed by atoms with Gasteiger partial charge in [-0.15, -0.1) is 0 Å². The Kier molecular flexibility index (Phi) is 5.33. The molecule has 4 N–H and O–H groups in total. The summed E-state index contributed by atoms with van der Waals surface area (Å²) in [6, 6.07) is 7.29. The van der Waals surface area contributed by atoms with Crippen LogP contribution in [0, 0.1) is 5.92 Å². The number of hydrogen-bond donors (Lipinski definition) is 3. The first-order valence-corrected chi connectivity index (χ1v) is 10.6. The van der Waals surface area contributed by atoms with E-state index in [1.165, 1.54) is 0 Å². The molecule has 1 atom stereocenters. The highest BCUT2D eigenvalue weighted by atomic mass is 16.6. The van der Waals surface area contributed by atoms with Crippen molar-refractivity contribution in [1.82, 2.24) is 25.4 Å². The molecule has 1 fully saturated rings. The number of amides is 1. The zero-order valence-corrected chi connectivity index (χ0v) is 17.2. The van der Waals surface area contributed by atoms with Crippen molar-refractivity contribution in [1.29, 1.82) is 0 Å². The molecule has 2 aliphatic heterocycles. The van der Waals surface area contributed by atoms with Crippen molar-refractivity contribution in [3.8, 4) is 11.5 Å². The molecule has 2 aromatic heterocycles. The highest BCUT2D eigenvalue weighted by Crippen LogP contribution is 2.38. The second-order valence-corrected chi connectivity index (χ2v) is 8.17. The molecule has 5 rings (SSSR count). The van der Waals surface area contributed by atoms with Gasteiger partial charge in [0.25, 0.3) is 5.91 Å². The number of likely N-dealkylation sites (tertiary alicyclic amines) is 1. The maximum atomic E-state index is 12.3. The van der Waals surface area contributed by atoms with E-state index in [2.05, 4.69) is 25.4 Å². The van der Waals surface area contributed by atoms with Gasteiger partial charge in [-0.3, -0.25) is 14.8 Å². The Labute approximate surface area is 179 Å². The summed E-state index contributed by atoms with van der Waals surface area (Å²) < 4.78 is 12.2. The third kappa shape index (κ3) is 4.13. The molecule has 3 aromatic rings. The molecular weight excluding hydrogens is 396 g/mol. The van der Waals surface area contributed by atoms with E-state index in [9.17, 15) is 4.79 Å². The standard InChI is InChI=1S/C22H26N6O3/c23-21-16(2-1-7-24-21)22(29)25-10-14-5-8-28(9-6-14)12-15-13-30-19-4-3-18-17(11-26-27-18)20(19)31-15/h1-4,7,11,14-15H,5-6,8-10,12-13H2,(H2,23,24)(H,25,29)(H,26,27). The summed E-state index contributed by atoms with van der Waals surface area (Å²) in [5.74, 6) is 2.10. The first-order valence-electron chi connectivity index (χ1n) is 10.6. The van der Waals surface area contributed by atoms with Crippen LogP contribution in [0.15, 0.2) is 36.7 Å². The van der Waals surface area contributed by atoms with Crippen molar-refractivity contribution in [2.45, 2.75) is 18.9 Å². The minimum absolute atomic E-state index is 0.0159. The number of ether oxygens (including phenoxy) is 2. The molecule has 2 aliphatic rings. The van der Waals surface area contributed by atoms with E-state index in [-0.39, 0.29) is 17.8 Å². The molecule has 9 nitrogen and oxygen atoms in total. The van der Waals surface area contributed by atoms with Gasteiger partial charge in [0.15, 0.2) is 11.5 Å². The van der Waals surface area contributed by atoms with E-state index in [0.29, 0.717) is 24.6 Å². The van der Waals surface area contributed by atoms with Crippen LogP contribution in [-0.4, -0.2) is 64.9 Å². The van der Waals surface area contributed by atoms with E-state index in [1.54, 1.807) is 24.5 Å². The third-order valence-corrected chi connectivity index (χ3v) is 6.05. The van der Waals surface area contributed by atoms with Crippen LogP contribution >= 0.6 is 0 Å². The summed E-state index contributed by atoms with van der Waals surface area (Å²) in [4.78, 5) is 18.7. The number of nitrogens with one attached hydrogen (secondary N) is 2. The number of hydrogen-bond acceptors (Lipinski definition) is 7. The zero-order chi connectivity index (χ0) is 21.2. The molecule has 1 saturated heterocycles. The van der Waals surface area contributed by atoms with Crippen LogP contribution < -0.4 is 20.5 Å². The molecule has 1 unspecified atom stereocenters. The number of aromatic nitrogens is 3. The van der Waals surface area contributed by atoms with E-state index in [1.807, 2.05) is 12.1 Å². The topological polar surface area (TPSA) is 118 Å². The number of carbonyl (C=O) groups excluding carboxylic acids is 1. The predicted molar refractivity (Wildman–Crippen MR) is 116 cm³/mol. The molecule has 0 saturated carbocycles. The number of H-pyrrole nitrogens is 1. The number of piperidine rings is 1. The summed E-state index contributed by atoms with van der Waals surface area (Å²) in [7, 11) is 0. The zero-order valence-electron chi connectivity index (χ0n) is 17.2. The third-order valence-electron chi connectivity index (χ3n) is 6.05. The van der Waals surface area contributed by atoms with Crippen LogP contribution in [0.3, 0.4) is 0 Å². The Morgan fingerprint density at radius 2 is 2.16 bits per heavy atom. The van der Waals surface area contributed by atoms with Crippen LogP contribution in [0.5, 0.6) is 11.5 Å². The first-order chi connectivity index (χ1) is 15.2. The van der Waals surface area contributed by atoms with Gasteiger partial charge in [0.05, 0.1) is 22.7 Å². The first kappa shape index (κ1) is 19.6. The molecule has 0 radical (unpaired) electrons. The fraction of sp³-hybridized carbons (Fsp3) is 0.409. The monoisotopic (exact) mass is 422 g/mol. The molecule has 0 spiro atoms. The van der Waals surface area contributed by atoms with Crippen LogP contribution in [0.4, 0.5) is 5.82 Å². The van der Waals surface area contributed by atoms with E-state index in [4.69, 9.17) is 15.2 Å². The van der Waals surface area contributed by atoms with Gasteiger partial charge in [-0.1, -0.05) is 0 Å². The lowest BCUT2D eigenvalue weighted by molar-refractivity contribution is 0.0490. The molecule has 0 bridgehead atoms. The molecule has 1 aromatic carbocycles. The summed E-state index contributed by atoms with van der Waals surface area (Å²) in [6.45, 7) is 3.95. The van der Waals surface area contributed by atoms with Crippen molar-refractivity contribution in [3.63, 3.8) is 0 Å². The number of nitrogen functional groups attached to an aromatic ring is 1. The molecule has 4 heterocycles. The molecule has 0 aliphatic carbocycles. The van der Waals surface area contributed by atoms with Gasteiger partial charge in [0.1, 0.15) is 18.5 Å². The fourth-order valence-corrected chi connectivity index (χ4v) is 4.28. The van der Waals surface area contributed by atoms with E-state index in [0.717, 1.165) is 54.9 Å². The number of fused-ring (bicyclic) bond motifs is 3. The number of pyridine rings is 1. The lowest BCUT2D eigenvalue weighted by Gasteiger charge is -2.35. The lowest BCUT2D eigenvalue weighted by atomic mass is 9.96. The number of nitrogens with zero attached hydrogens (tertiary/aromatic N) is 3. The van der Waals surface area contributed by atoms with Gasteiger partial charge >= 0.3 is 0 Å². The van der Waals surface area contributed by atoms with Crippen LogP contribution in [0.2, 0.25) is 0 Å². The fourth-order valence-electron chi connectivity index (χ4n) is 4.28. The average Bonchev–Trinajstić information content (AvgIpc) is 3.28. The number of rotatable bonds is 5. The molecule has 9 heteroatoms. The van der Waals surface area contributed by atoms with Crippen LogP contribution in [-0.2, 0) is 0 Å². The number of nitrogens with two attached hydrogens (primary N) is 1. The molecule has 31 heavy (non-hydrogen) atoms. The van der Waals surface area contributed by atoms with Crippen LogP contribution in [0.1, 0.15) is 23.2 Å². The van der Waals surface area contributed by atoms with Gasteiger partial charge < -0.3 is 20.5 Å². The minimum Gasteiger partial charge on any atom is -0.486 e. The van der Waals surface area contributed by atoms with Crippen molar-refractivity contribution in [3.05, 3.63) is 42.2 Å². The lowest BCUT2D eigenvalue weighted by Crippen LogP contribution is -2.45. The van der Waals surface area contributed by atoms with Crippen molar-refractivity contribution < 1.29 is 14.3 Å². The summed E-state index contributed by atoms with van der Waals surface area (Å²) in [5, 5.41) is 11.0. The Hall–Kier alpha value is -3.33. The molecule has 162 valence electrons. The molecule has 1 amide bonds. The SMILES string of the molecule is Nc1ncccc1C(=O)NCC1CCN(CC2COc3ccc4[nH]ncc4c3O2)CC1. The van der Waals surface area contributed by atoms with Crippen molar-refractivity contribution in [2.75, 3.05) is 38.5 Å². The Balaban J connectivity index is 1.10. The predicted octanol–water partition coefficient (Wildman–Crippen LogP) is 1.82. The Morgan fingerprint density at radius 1 is 1.29 bits per heavy atom. The van der Waals surface area contributed by atoms with Gasteiger partial charge in [0, 0.05) is 19.3 Å². The highest BCUT2D eigenvalue weighted by molar-refractivity contribution is 5.98. The second-order valence-electron chi connectivity index (χ2n) is 8.17. The van der Waals surface area contributed by atoms with E-state index < -0.39 is 0 Å². The number of carbonyl (C=O) groups is 1. The maximum Gasteiger partial charge on any atom is 0.255 e. The minimum atomic E-state index is -0.162. The number of benzene rings is 1.